The van der Waals surface area contributed by atoms with E-state index < -0.39 is 5.41 Å². The number of likely N-dealkylation sites (tertiary alicyclic amines) is 1. The van der Waals surface area contributed by atoms with Crippen molar-refractivity contribution in [2.75, 3.05) is 13.1 Å². The summed E-state index contributed by atoms with van der Waals surface area (Å²) in [6.07, 6.45) is 1.89. The Labute approximate surface area is 125 Å². The molecular weight excluding hydrogens is 262 g/mol. The van der Waals surface area contributed by atoms with E-state index in [1.165, 1.54) is 0 Å². The van der Waals surface area contributed by atoms with Crippen molar-refractivity contribution in [2.45, 2.75) is 38.5 Å². The SMILES string of the molecule is CCN1CCC2=C(C)C(=O)CCC2(c2ccccc2)C1=O. The first kappa shape index (κ1) is 14.1. The zero-order chi connectivity index (χ0) is 15.0. The van der Waals surface area contributed by atoms with Gasteiger partial charge >= 0.3 is 0 Å². The van der Waals surface area contributed by atoms with E-state index in [0.717, 1.165) is 36.2 Å². The number of hydrogen-bond acceptors (Lipinski definition) is 2. The molecule has 1 unspecified atom stereocenters. The van der Waals surface area contributed by atoms with Gasteiger partial charge < -0.3 is 4.90 Å². The van der Waals surface area contributed by atoms with Crippen LogP contribution in [0.15, 0.2) is 41.5 Å². The summed E-state index contributed by atoms with van der Waals surface area (Å²) in [5.74, 6) is 0.374. The lowest BCUT2D eigenvalue weighted by Gasteiger charge is -2.46. The van der Waals surface area contributed by atoms with Crippen LogP contribution >= 0.6 is 0 Å². The molecule has 1 aliphatic heterocycles. The maximum Gasteiger partial charge on any atom is 0.237 e. The number of piperidine rings is 1. The molecule has 1 aliphatic carbocycles. The second-order valence-corrected chi connectivity index (χ2v) is 5.93. The Morgan fingerprint density at radius 1 is 1.14 bits per heavy atom. The molecule has 110 valence electrons. The van der Waals surface area contributed by atoms with Crippen LogP contribution in [0.4, 0.5) is 0 Å². The molecule has 21 heavy (non-hydrogen) atoms. The van der Waals surface area contributed by atoms with Gasteiger partial charge in [0.2, 0.25) is 5.91 Å². The first-order valence-electron chi connectivity index (χ1n) is 7.69. The van der Waals surface area contributed by atoms with Crippen LogP contribution in [0.2, 0.25) is 0 Å². The highest BCUT2D eigenvalue weighted by Crippen LogP contribution is 2.47. The highest BCUT2D eigenvalue weighted by atomic mass is 16.2. The van der Waals surface area contributed by atoms with E-state index in [2.05, 4.69) is 0 Å². The minimum atomic E-state index is -0.604. The Morgan fingerprint density at radius 2 is 1.86 bits per heavy atom. The Hall–Kier alpha value is -1.90. The highest BCUT2D eigenvalue weighted by molar-refractivity contribution is 6.03. The molecule has 0 spiro atoms. The van der Waals surface area contributed by atoms with Crippen molar-refractivity contribution in [3.8, 4) is 0 Å². The largest absolute Gasteiger partial charge is 0.342 e. The van der Waals surface area contributed by atoms with Gasteiger partial charge in [0, 0.05) is 19.5 Å². The minimum Gasteiger partial charge on any atom is -0.342 e. The number of amides is 1. The van der Waals surface area contributed by atoms with Crippen LogP contribution in [-0.4, -0.2) is 29.7 Å². The summed E-state index contributed by atoms with van der Waals surface area (Å²) in [5.41, 5.74) is 2.30. The smallest absolute Gasteiger partial charge is 0.237 e. The van der Waals surface area contributed by atoms with Crippen molar-refractivity contribution in [3.63, 3.8) is 0 Å². The molecule has 1 amide bonds. The van der Waals surface area contributed by atoms with Crippen molar-refractivity contribution < 1.29 is 9.59 Å². The van der Waals surface area contributed by atoms with E-state index in [4.69, 9.17) is 0 Å². The third-order valence-corrected chi connectivity index (χ3v) is 5.05. The Kier molecular flexibility index (Phi) is 3.44. The lowest BCUT2D eigenvalue weighted by atomic mass is 9.62. The number of fused-ring (bicyclic) bond motifs is 1. The summed E-state index contributed by atoms with van der Waals surface area (Å²) in [6, 6.07) is 9.98. The number of likely N-dealkylation sites (N-methyl/N-ethyl adjacent to an activating group) is 1. The van der Waals surface area contributed by atoms with Crippen molar-refractivity contribution in [2.24, 2.45) is 0 Å². The molecule has 0 bridgehead atoms. The Morgan fingerprint density at radius 3 is 2.52 bits per heavy atom. The Bertz CT molecular complexity index is 617. The lowest BCUT2D eigenvalue weighted by molar-refractivity contribution is -0.138. The molecule has 1 fully saturated rings. The number of hydrogen-bond donors (Lipinski definition) is 0. The number of rotatable bonds is 2. The second-order valence-electron chi connectivity index (χ2n) is 5.93. The van der Waals surface area contributed by atoms with Crippen LogP contribution in [-0.2, 0) is 15.0 Å². The first-order chi connectivity index (χ1) is 10.1. The average Bonchev–Trinajstić information content (AvgIpc) is 2.52. The molecule has 0 aromatic heterocycles. The molecule has 1 atom stereocenters. The molecular formula is C18H21NO2. The summed E-state index contributed by atoms with van der Waals surface area (Å²) < 4.78 is 0. The van der Waals surface area contributed by atoms with E-state index in [1.807, 2.05) is 49.1 Å². The van der Waals surface area contributed by atoms with Gasteiger partial charge in [0.15, 0.2) is 5.78 Å². The highest BCUT2D eigenvalue weighted by Gasteiger charge is 2.51. The van der Waals surface area contributed by atoms with Gasteiger partial charge in [0.05, 0.1) is 5.41 Å². The number of carbonyl (C=O) groups is 2. The van der Waals surface area contributed by atoms with E-state index >= 15 is 0 Å². The molecule has 2 aliphatic rings. The molecule has 1 heterocycles. The molecule has 1 saturated heterocycles. The van der Waals surface area contributed by atoms with Gasteiger partial charge in [-0.1, -0.05) is 30.3 Å². The van der Waals surface area contributed by atoms with Gasteiger partial charge in [-0.25, -0.2) is 0 Å². The van der Waals surface area contributed by atoms with Gasteiger partial charge in [0.1, 0.15) is 0 Å². The number of Topliss-reactive ketones (excluding diaryl/α,β-unsaturated/α-hetero) is 1. The fraction of sp³-hybridized carbons (Fsp3) is 0.444. The molecule has 0 radical (unpaired) electrons. The monoisotopic (exact) mass is 283 g/mol. The predicted octanol–water partition coefficient (Wildman–Crippen LogP) is 2.86. The van der Waals surface area contributed by atoms with Gasteiger partial charge in [-0.3, -0.25) is 9.59 Å². The van der Waals surface area contributed by atoms with Gasteiger partial charge in [-0.2, -0.15) is 0 Å². The van der Waals surface area contributed by atoms with Crippen molar-refractivity contribution in [3.05, 3.63) is 47.0 Å². The van der Waals surface area contributed by atoms with Crippen molar-refractivity contribution in [1.29, 1.82) is 0 Å². The molecule has 1 aromatic carbocycles. The van der Waals surface area contributed by atoms with E-state index in [9.17, 15) is 9.59 Å². The molecule has 0 saturated carbocycles. The number of ketones is 1. The minimum absolute atomic E-state index is 0.171. The number of benzene rings is 1. The molecule has 3 nitrogen and oxygen atoms in total. The van der Waals surface area contributed by atoms with Gasteiger partial charge in [-0.15, -0.1) is 0 Å². The number of nitrogens with zero attached hydrogens (tertiary/aromatic N) is 1. The van der Waals surface area contributed by atoms with Crippen molar-refractivity contribution in [1.82, 2.24) is 4.90 Å². The maximum absolute atomic E-state index is 13.1. The topological polar surface area (TPSA) is 37.4 Å². The summed E-state index contributed by atoms with van der Waals surface area (Å²) in [6.45, 7) is 5.37. The third-order valence-electron chi connectivity index (χ3n) is 5.05. The summed E-state index contributed by atoms with van der Waals surface area (Å²) in [4.78, 5) is 27.2. The number of allylic oxidation sites excluding steroid dienone is 1. The van der Waals surface area contributed by atoms with Crippen LogP contribution in [0.5, 0.6) is 0 Å². The summed E-state index contributed by atoms with van der Waals surface area (Å²) in [5, 5.41) is 0. The average molecular weight is 283 g/mol. The summed E-state index contributed by atoms with van der Waals surface area (Å²) >= 11 is 0. The van der Waals surface area contributed by atoms with Crippen LogP contribution < -0.4 is 0 Å². The van der Waals surface area contributed by atoms with E-state index in [1.54, 1.807) is 0 Å². The van der Waals surface area contributed by atoms with Crippen LogP contribution in [0, 0.1) is 0 Å². The molecule has 3 rings (SSSR count). The normalized spacial score (nSPS) is 26.1. The molecule has 1 aromatic rings. The second kappa shape index (κ2) is 5.14. The quantitative estimate of drug-likeness (QED) is 0.837. The third kappa shape index (κ3) is 1.95. The fourth-order valence-electron chi connectivity index (χ4n) is 3.85. The zero-order valence-corrected chi connectivity index (χ0v) is 12.7. The fourth-order valence-corrected chi connectivity index (χ4v) is 3.85. The van der Waals surface area contributed by atoms with Gasteiger partial charge in [0.25, 0.3) is 0 Å². The maximum atomic E-state index is 13.1. The van der Waals surface area contributed by atoms with E-state index in [-0.39, 0.29) is 11.7 Å². The zero-order valence-electron chi connectivity index (χ0n) is 12.7. The predicted molar refractivity (Wildman–Crippen MR) is 81.9 cm³/mol. The summed E-state index contributed by atoms with van der Waals surface area (Å²) in [7, 11) is 0. The standard InChI is InChI=1S/C18H21NO2/c1-3-19-12-10-15-13(2)16(20)9-11-18(15,17(19)21)14-7-5-4-6-8-14/h4-8H,3,9-12H2,1-2H3. The lowest BCUT2D eigenvalue weighted by Crippen LogP contribution is -2.54. The Balaban J connectivity index is 2.22. The van der Waals surface area contributed by atoms with Crippen LogP contribution in [0.25, 0.3) is 0 Å². The van der Waals surface area contributed by atoms with Gasteiger partial charge in [-0.05, 0) is 43.4 Å². The number of carbonyl (C=O) groups excluding carboxylic acids is 2. The van der Waals surface area contributed by atoms with E-state index in [0.29, 0.717) is 12.8 Å². The van der Waals surface area contributed by atoms with Crippen LogP contribution in [0.1, 0.15) is 38.7 Å². The van der Waals surface area contributed by atoms with Crippen molar-refractivity contribution >= 4 is 11.7 Å². The molecule has 3 heteroatoms. The first-order valence-corrected chi connectivity index (χ1v) is 7.69. The molecule has 0 N–H and O–H groups in total. The van der Waals surface area contributed by atoms with Crippen LogP contribution in [0.3, 0.4) is 0 Å².